The van der Waals surface area contributed by atoms with Gasteiger partial charge >= 0.3 is 6.09 Å². The smallest absolute Gasteiger partial charge is 0.410 e. The van der Waals surface area contributed by atoms with Crippen molar-refractivity contribution < 1.29 is 19.1 Å². The Morgan fingerprint density at radius 2 is 1.71 bits per heavy atom. The molecular weight excluding hydrogens is 604 g/mol. The van der Waals surface area contributed by atoms with Gasteiger partial charge in [-0.25, -0.2) is 4.79 Å². The SMILES string of the molecule is COc1ccc(C2CCC(C(NC(=O)C3CCC(OC(=O)N4CCNCC4)CC3)c3cc(-c4cnn(C(C)C)c4)ccn3)CC2)cc1C. The highest BCUT2D eigenvalue weighted by Crippen LogP contribution is 2.42. The van der Waals surface area contributed by atoms with Crippen molar-refractivity contribution in [1.29, 1.82) is 0 Å². The van der Waals surface area contributed by atoms with Crippen LogP contribution in [0.25, 0.3) is 11.1 Å². The lowest BCUT2D eigenvalue weighted by molar-refractivity contribution is -0.128. The third kappa shape index (κ3) is 8.02. The van der Waals surface area contributed by atoms with Gasteiger partial charge in [0.1, 0.15) is 11.9 Å². The molecule has 2 amide bonds. The summed E-state index contributed by atoms with van der Waals surface area (Å²) in [5.74, 6) is 1.67. The fourth-order valence-electron chi connectivity index (χ4n) is 7.72. The Bertz CT molecular complexity index is 1530. The number of ether oxygens (including phenoxy) is 2. The Morgan fingerprint density at radius 3 is 2.38 bits per heavy atom. The predicted molar refractivity (Wildman–Crippen MR) is 186 cm³/mol. The van der Waals surface area contributed by atoms with Crippen molar-refractivity contribution in [3.8, 4) is 16.9 Å². The largest absolute Gasteiger partial charge is 0.496 e. The Labute approximate surface area is 285 Å². The third-order valence-electron chi connectivity index (χ3n) is 10.7. The van der Waals surface area contributed by atoms with E-state index in [0.29, 0.717) is 44.7 Å². The van der Waals surface area contributed by atoms with Crippen molar-refractivity contribution in [2.45, 2.75) is 96.2 Å². The molecule has 0 radical (unpaired) electrons. The summed E-state index contributed by atoms with van der Waals surface area (Å²) in [5.41, 5.74) is 5.53. The maximum Gasteiger partial charge on any atom is 0.410 e. The normalized spacial score (nSPS) is 23.8. The van der Waals surface area contributed by atoms with Gasteiger partial charge in [0.05, 0.1) is 25.0 Å². The van der Waals surface area contributed by atoms with Crippen molar-refractivity contribution in [2.24, 2.45) is 11.8 Å². The van der Waals surface area contributed by atoms with Gasteiger partial charge in [-0.15, -0.1) is 0 Å². The summed E-state index contributed by atoms with van der Waals surface area (Å²) >= 11 is 0. The topological polar surface area (TPSA) is 111 Å². The van der Waals surface area contributed by atoms with E-state index in [4.69, 9.17) is 14.5 Å². The molecule has 2 N–H and O–H groups in total. The van der Waals surface area contributed by atoms with E-state index in [2.05, 4.69) is 67.0 Å². The predicted octanol–water partition coefficient (Wildman–Crippen LogP) is 6.57. The maximum absolute atomic E-state index is 13.9. The lowest BCUT2D eigenvalue weighted by Gasteiger charge is -2.36. The van der Waals surface area contributed by atoms with E-state index in [9.17, 15) is 9.59 Å². The summed E-state index contributed by atoms with van der Waals surface area (Å²) in [6.07, 6.45) is 12.5. The van der Waals surface area contributed by atoms with E-state index in [-0.39, 0.29) is 42.0 Å². The number of benzene rings is 1. The molecule has 3 aliphatic rings. The molecule has 10 heteroatoms. The lowest BCUT2D eigenvalue weighted by atomic mass is 9.74. The van der Waals surface area contributed by atoms with Gasteiger partial charge in [0, 0.05) is 56.1 Å². The van der Waals surface area contributed by atoms with E-state index in [1.54, 1.807) is 12.0 Å². The first kappa shape index (κ1) is 34.0. The zero-order valence-electron chi connectivity index (χ0n) is 29.0. The zero-order chi connectivity index (χ0) is 33.6. The van der Waals surface area contributed by atoms with Gasteiger partial charge in [0.2, 0.25) is 5.91 Å². The summed E-state index contributed by atoms with van der Waals surface area (Å²) in [4.78, 5) is 33.2. The molecule has 1 atom stereocenters. The number of carbonyl (C=O) groups is 2. The van der Waals surface area contributed by atoms with Gasteiger partial charge in [-0.2, -0.15) is 5.10 Å². The van der Waals surface area contributed by atoms with Crippen molar-refractivity contribution >= 4 is 12.0 Å². The van der Waals surface area contributed by atoms with E-state index in [0.717, 1.165) is 66.9 Å². The van der Waals surface area contributed by atoms with Crippen molar-refractivity contribution in [3.05, 3.63) is 65.7 Å². The number of pyridine rings is 1. The Morgan fingerprint density at radius 1 is 0.958 bits per heavy atom. The maximum atomic E-state index is 13.9. The molecule has 6 rings (SSSR count). The zero-order valence-corrected chi connectivity index (χ0v) is 29.0. The number of nitrogens with one attached hydrogen (secondary N) is 2. The molecule has 1 saturated heterocycles. The standard InChI is InChI=1S/C38H52N6O4/c1-25(2)44-24-32(23-41-44)31-15-16-40-34(22-31)36(28-7-5-27(6-8-28)30-11-14-35(47-4)26(3)21-30)42-37(45)29-9-12-33(13-10-29)48-38(46)43-19-17-39-18-20-43/h11,14-16,21-25,27-29,33,36,39H,5-10,12-13,17-20H2,1-4H3,(H,42,45). The Hall–Kier alpha value is -3.92. The molecule has 1 aromatic carbocycles. The molecule has 10 nitrogen and oxygen atoms in total. The average Bonchev–Trinajstić information content (AvgIpc) is 3.63. The highest BCUT2D eigenvalue weighted by Gasteiger charge is 2.35. The summed E-state index contributed by atoms with van der Waals surface area (Å²) < 4.78 is 13.3. The molecule has 3 aromatic rings. The summed E-state index contributed by atoms with van der Waals surface area (Å²) in [6, 6.07) is 10.8. The number of aryl methyl sites for hydroxylation is 1. The minimum Gasteiger partial charge on any atom is -0.496 e. The van der Waals surface area contributed by atoms with Gasteiger partial charge in [-0.05, 0) is 119 Å². The monoisotopic (exact) mass is 656 g/mol. The highest BCUT2D eigenvalue weighted by molar-refractivity contribution is 5.79. The number of hydrogen-bond donors (Lipinski definition) is 2. The molecule has 1 aliphatic heterocycles. The van der Waals surface area contributed by atoms with Gasteiger partial charge in [0.25, 0.3) is 0 Å². The Balaban J connectivity index is 1.14. The fraction of sp³-hybridized carbons (Fsp3) is 0.579. The molecule has 2 saturated carbocycles. The van der Waals surface area contributed by atoms with Crippen LogP contribution in [0, 0.1) is 18.8 Å². The molecule has 0 bridgehead atoms. The van der Waals surface area contributed by atoms with Crippen LogP contribution in [0.4, 0.5) is 4.79 Å². The second kappa shape index (κ2) is 15.5. The summed E-state index contributed by atoms with van der Waals surface area (Å²) in [5, 5.41) is 11.3. The molecule has 2 aromatic heterocycles. The highest BCUT2D eigenvalue weighted by atomic mass is 16.6. The van der Waals surface area contributed by atoms with Crippen LogP contribution in [0.5, 0.6) is 5.75 Å². The number of piperazine rings is 1. The number of hydrogen-bond acceptors (Lipinski definition) is 7. The van der Waals surface area contributed by atoms with Crippen LogP contribution in [0.1, 0.15) is 100 Å². The van der Waals surface area contributed by atoms with Crippen LogP contribution in [0.3, 0.4) is 0 Å². The van der Waals surface area contributed by atoms with E-state index in [1.165, 1.54) is 5.56 Å². The fourth-order valence-corrected chi connectivity index (χ4v) is 7.72. The van der Waals surface area contributed by atoms with Crippen LogP contribution in [0.15, 0.2) is 48.9 Å². The minimum atomic E-state index is -0.227. The number of carbonyl (C=O) groups excluding carboxylic acids is 2. The second-order valence-electron chi connectivity index (χ2n) is 14.2. The average molecular weight is 657 g/mol. The first-order valence-electron chi connectivity index (χ1n) is 17.9. The first-order valence-corrected chi connectivity index (χ1v) is 17.9. The van der Waals surface area contributed by atoms with Crippen LogP contribution >= 0.6 is 0 Å². The van der Waals surface area contributed by atoms with Gasteiger partial charge in [-0.1, -0.05) is 12.1 Å². The summed E-state index contributed by atoms with van der Waals surface area (Å²) in [6.45, 7) is 9.29. The lowest BCUT2D eigenvalue weighted by Crippen LogP contribution is -2.47. The van der Waals surface area contributed by atoms with E-state index < -0.39 is 0 Å². The Kier molecular flexibility index (Phi) is 11.0. The number of methoxy groups -OCH3 is 1. The van der Waals surface area contributed by atoms with Crippen LogP contribution in [0.2, 0.25) is 0 Å². The van der Waals surface area contributed by atoms with Crippen LogP contribution in [-0.4, -0.2) is 71.1 Å². The third-order valence-corrected chi connectivity index (χ3v) is 10.7. The van der Waals surface area contributed by atoms with Gasteiger partial charge < -0.3 is 25.0 Å². The number of aromatic nitrogens is 3. The first-order chi connectivity index (χ1) is 23.3. The molecular formula is C38H52N6O4. The number of amides is 2. The number of rotatable bonds is 9. The van der Waals surface area contributed by atoms with Gasteiger partial charge in [0.15, 0.2) is 0 Å². The molecule has 0 spiro atoms. The second-order valence-corrected chi connectivity index (χ2v) is 14.2. The molecule has 1 unspecified atom stereocenters. The van der Waals surface area contributed by atoms with Crippen molar-refractivity contribution in [3.63, 3.8) is 0 Å². The molecule has 48 heavy (non-hydrogen) atoms. The molecule has 3 fully saturated rings. The van der Waals surface area contributed by atoms with E-state index in [1.807, 2.05) is 23.1 Å². The van der Waals surface area contributed by atoms with Gasteiger partial charge in [-0.3, -0.25) is 14.5 Å². The van der Waals surface area contributed by atoms with Crippen LogP contribution in [-0.2, 0) is 9.53 Å². The van der Waals surface area contributed by atoms with Crippen molar-refractivity contribution in [1.82, 2.24) is 30.3 Å². The molecule has 2 aliphatic carbocycles. The van der Waals surface area contributed by atoms with E-state index >= 15 is 0 Å². The molecule has 3 heterocycles. The van der Waals surface area contributed by atoms with Crippen molar-refractivity contribution in [2.75, 3.05) is 33.3 Å². The number of nitrogens with zero attached hydrogens (tertiary/aromatic N) is 4. The summed E-state index contributed by atoms with van der Waals surface area (Å²) in [7, 11) is 1.72. The quantitative estimate of drug-likeness (QED) is 0.268. The molecule has 258 valence electrons. The van der Waals surface area contributed by atoms with Crippen LogP contribution < -0.4 is 15.4 Å². The minimum absolute atomic E-state index is 0.0830.